The van der Waals surface area contributed by atoms with E-state index in [0.717, 1.165) is 5.56 Å². The molecule has 4 N–H and O–H groups in total. The van der Waals surface area contributed by atoms with Gasteiger partial charge >= 0.3 is 0 Å². The van der Waals surface area contributed by atoms with Crippen LogP contribution in [0.15, 0.2) is 59.5 Å². The first kappa shape index (κ1) is 29.7. The van der Waals surface area contributed by atoms with Crippen molar-refractivity contribution in [2.24, 2.45) is 0 Å². The second-order valence-electron chi connectivity index (χ2n) is 9.83. The Kier molecular flexibility index (Phi) is 9.20. The second kappa shape index (κ2) is 13.0. The molecule has 1 fully saturated rings. The van der Waals surface area contributed by atoms with Crippen molar-refractivity contribution in [1.82, 2.24) is 20.5 Å². The molecule has 2 aromatic carbocycles. The first-order valence-electron chi connectivity index (χ1n) is 13.2. The summed E-state index contributed by atoms with van der Waals surface area (Å²) < 4.78 is 10.9. The van der Waals surface area contributed by atoms with Crippen LogP contribution in [-0.2, 0) is 11.3 Å². The Morgan fingerprint density at radius 3 is 2.60 bits per heavy atom. The van der Waals surface area contributed by atoms with Crippen LogP contribution in [0.25, 0.3) is 22.4 Å². The molecule has 2 atom stereocenters. The maximum absolute atomic E-state index is 12.9. The molecule has 218 valence electrons. The summed E-state index contributed by atoms with van der Waals surface area (Å²) >= 11 is 13.7. The number of nitrogens with zero attached hydrogens (tertiary/aromatic N) is 2. The zero-order valence-corrected chi connectivity index (χ0v) is 24.4. The van der Waals surface area contributed by atoms with Gasteiger partial charge in [0, 0.05) is 41.4 Å². The zero-order chi connectivity index (χ0) is 29.8. The van der Waals surface area contributed by atoms with Crippen molar-refractivity contribution < 1.29 is 19.4 Å². The molecule has 10 nitrogen and oxygen atoms in total. The van der Waals surface area contributed by atoms with Crippen molar-refractivity contribution in [3.63, 3.8) is 0 Å². The van der Waals surface area contributed by atoms with Gasteiger partial charge in [-0.2, -0.15) is 5.10 Å². The van der Waals surface area contributed by atoms with Crippen LogP contribution in [-0.4, -0.2) is 58.7 Å². The van der Waals surface area contributed by atoms with Gasteiger partial charge in [-0.05, 0) is 31.0 Å². The predicted molar refractivity (Wildman–Crippen MR) is 161 cm³/mol. The molecule has 0 radical (unpaired) electrons. The van der Waals surface area contributed by atoms with Gasteiger partial charge in [0.2, 0.25) is 5.88 Å². The number of rotatable bonds is 8. The molecule has 3 heterocycles. The van der Waals surface area contributed by atoms with Crippen LogP contribution in [0.2, 0.25) is 10.0 Å². The average molecular weight is 610 g/mol. The van der Waals surface area contributed by atoms with Gasteiger partial charge in [-0.1, -0.05) is 59.6 Å². The number of carbonyl (C=O) groups excluding carboxylic acids is 1. The number of carbonyl (C=O) groups is 1. The highest BCUT2D eigenvalue weighted by Crippen LogP contribution is 2.41. The van der Waals surface area contributed by atoms with Gasteiger partial charge in [-0.15, -0.1) is 0 Å². The molecule has 12 heteroatoms. The molecular formula is C30H29Cl2N5O5. The molecule has 0 saturated carbocycles. The Morgan fingerprint density at radius 1 is 1.12 bits per heavy atom. The number of benzene rings is 2. The topological polar surface area (TPSA) is 138 Å². The normalized spacial score (nSPS) is 16.7. The number of halogens is 2. The number of ether oxygens (including phenoxy) is 2. The number of amides is 1. The lowest BCUT2D eigenvalue weighted by Crippen LogP contribution is -2.46. The van der Waals surface area contributed by atoms with E-state index in [-0.39, 0.29) is 16.6 Å². The highest BCUT2D eigenvalue weighted by molar-refractivity contribution is 6.39. The first-order chi connectivity index (χ1) is 20.3. The molecule has 42 heavy (non-hydrogen) atoms. The maximum Gasteiger partial charge on any atom is 0.277 e. The smallest absolute Gasteiger partial charge is 0.277 e. The quantitative estimate of drug-likeness (QED) is 0.227. The van der Waals surface area contributed by atoms with E-state index in [1.54, 1.807) is 32.2 Å². The number of methoxy groups -OCH3 is 1. The SMILES string of the molecule is COc1nc(-c2cccc(-c3cccc(NC(=O)c4c(C)cn[nH]c4=O)c3Cl)c2Cl)ccc1CNC1CCOCC1O. The fraction of sp³-hybridized carbons (Fsp3) is 0.267. The standard InChI is InChI=1S/C30H29Cl2N5O5/c1-16-13-34-37-29(40)25(16)28(39)35-23-8-4-6-19(27(23)32)18-5-3-7-20(26(18)31)21-10-9-17(30(36-21)41-2)14-33-22-11-12-42-15-24(22)38/h3-10,13,22,24,33,38H,11-12,14-15H2,1-2H3,(H,35,39)(H,37,40). The number of hydrogen-bond acceptors (Lipinski definition) is 8. The van der Waals surface area contributed by atoms with Gasteiger partial charge in [0.1, 0.15) is 5.56 Å². The van der Waals surface area contributed by atoms with Gasteiger partial charge in [-0.3, -0.25) is 9.59 Å². The van der Waals surface area contributed by atoms with Crippen LogP contribution in [0.5, 0.6) is 5.88 Å². The third-order valence-corrected chi connectivity index (χ3v) is 7.91. The number of H-pyrrole nitrogens is 1. The molecule has 4 aromatic rings. The fourth-order valence-electron chi connectivity index (χ4n) is 4.86. The Hall–Kier alpha value is -3.80. The third-order valence-electron chi connectivity index (χ3n) is 7.10. The average Bonchev–Trinajstić information content (AvgIpc) is 2.98. The molecule has 2 unspecified atom stereocenters. The lowest BCUT2D eigenvalue weighted by atomic mass is 10.00. The highest BCUT2D eigenvalue weighted by atomic mass is 35.5. The van der Waals surface area contributed by atoms with Gasteiger partial charge in [-0.25, -0.2) is 10.1 Å². The van der Waals surface area contributed by atoms with Crippen molar-refractivity contribution >= 4 is 34.8 Å². The lowest BCUT2D eigenvalue weighted by Gasteiger charge is -2.28. The molecule has 1 aliphatic rings. The number of nitrogens with one attached hydrogen (secondary N) is 3. The lowest BCUT2D eigenvalue weighted by molar-refractivity contribution is -0.0281. The van der Waals surface area contributed by atoms with E-state index in [2.05, 4.69) is 20.8 Å². The second-order valence-corrected chi connectivity index (χ2v) is 10.6. The van der Waals surface area contributed by atoms with Gasteiger partial charge < -0.3 is 25.2 Å². The molecule has 0 bridgehead atoms. The minimum absolute atomic E-state index is 0.0471. The summed E-state index contributed by atoms with van der Waals surface area (Å²) in [7, 11) is 1.55. The van der Waals surface area contributed by atoms with Crippen LogP contribution in [0, 0.1) is 6.92 Å². The summed E-state index contributed by atoms with van der Waals surface area (Å²) in [5, 5.41) is 22.9. The Labute approximate surface area is 252 Å². The third kappa shape index (κ3) is 6.18. The molecule has 2 aromatic heterocycles. The number of aromatic amines is 1. The molecule has 0 aliphatic carbocycles. The number of aryl methyl sites for hydroxylation is 1. The van der Waals surface area contributed by atoms with Crippen molar-refractivity contribution in [1.29, 1.82) is 0 Å². The summed E-state index contributed by atoms with van der Waals surface area (Å²) in [5.74, 6) is -0.167. The zero-order valence-electron chi connectivity index (χ0n) is 22.9. The van der Waals surface area contributed by atoms with Gasteiger partial charge in [0.25, 0.3) is 11.5 Å². The Morgan fingerprint density at radius 2 is 1.86 bits per heavy atom. The monoisotopic (exact) mass is 609 g/mol. The van der Waals surface area contributed by atoms with Gasteiger partial charge in [0.15, 0.2) is 0 Å². The Balaban J connectivity index is 1.42. The fourth-order valence-corrected chi connectivity index (χ4v) is 5.46. The first-order valence-corrected chi connectivity index (χ1v) is 14.0. The minimum Gasteiger partial charge on any atom is -0.481 e. The number of pyridine rings is 1. The van der Waals surface area contributed by atoms with Crippen molar-refractivity contribution in [3.05, 3.63) is 91.8 Å². The minimum atomic E-state index is -0.604. The van der Waals surface area contributed by atoms with E-state index in [4.69, 9.17) is 37.7 Å². The summed E-state index contributed by atoms with van der Waals surface area (Å²) in [4.78, 5) is 29.8. The van der Waals surface area contributed by atoms with Crippen LogP contribution in [0.4, 0.5) is 5.69 Å². The molecule has 0 spiro atoms. The van der Waals surface area contributed by atoms with Crippen LogP contribution >= 0.6 is 23.2 Å². The van der Waals surface area contributed by atoms with E-state index in [9.17, 15) is 14.7 Å². The predicted octanol–water partition coefficient (Wildman–Crippen LogP) is 4.61. The van der Waals surface area contributed by atoms with Crippen LogP contribution in [0.1, 0.15) is 27.9 Å². The van der Waals surface area contributed by atoms with E-state index < -0.39 is 17.6 Å². The molecule has 5 rings (SSSR count). The van der Waals surface area contributed by atoms with E-state index >= 15 is 0 Å². The maximum atomic E-state index is 12.9. The van der Waals surface area contributed by atoms with Crippen molar-refractivity contribution in [2.75, 3.05) is 25.6 Å². The van der Waals surface area contributed by atoms with Crippen LogP contribution in [0.3, 0.4) is 0 Å². The molecular weight excluding hydrogens is 581 g/mol. The number of hydrogen-bond donors (Lipinski definition) is 4. The number of anilines is 1. The van der Waals surface area contributed by atoms with E-state index in [1.807, 2.05) is 30.3 Å². The number of aliphatic hydroxyl groups is 1. The van der Waals surface area contributed by atoms with Crippen LogP contribution < -0.4 is 20.9 Å². The van der Waals surface area contributed by atoms with E-state index in [0.29, 0.717) is 70.7 Å². The largest absolute Gasteiger partial charge is 0.481 e. The Bertz CT molecular complexity index is 1680. The van der Waals surface area contributed by atoms with Crippen molar-refractivity contribution in [2.45, 2.75) is 32.0 Å². The van der Waals surface area contributed by atoms with Gasteiger partial charge in [0.05, 0.1) is 47.4 Å². The van der Waals surface area contributed by atoms with Crippen molar-refractivity contribution in [3.8, 4) is 28.3 Å². The molecule has 1 amide bonds. The van der Waals surface area contributed by atoms with E-state index in [1.165, 1.54) is 6.20 Å². The number of aromatic nitrogens is 3. The summed E-state index contributed by atoms with van der Waals surface area (Å²) in [5.41, 5.74) is 3.43. The summed E-state index contributed by atoms with van der Waals surface area (Å²) in [6, 6.07) is 14.4. The summed E-state index contributed by atoms with van der Waals surface area (Å²) in [6.07, 6.45) is 1.55. The highest BCUT2D eigenvalue weighted by Gasteiger charge is 2.24. The molecule has 1 aliphatic heterocycles. The number of aliphatic hydroxyl groups excluding tert-OH is 1. The summed E-state index contributed by atoms with van der Waals surface area (Å²) in [6.45, 7) is 3.00. The molecule has 1 saturated heterocycles.